The Kier molecular flexibility index (Phi) is 6.20. The number of guanidine groups is 1. The minimum atomic E-state index is -3.77. The number of primary sulfonamides is 1. The highest BCUT2D eigenvalue weighted by Gasteiger charge is 2.19. The molecule has 0 saturated carbocycles. The number of thioether (sulfide) groups is 1. The van der Waals surface area contributed by atoms with Crippen molar-refractivity contribution in [1.82, 2.24) is 5.32 Å². The molecule has 9 nitrogen and oxygen atoms in total. The summed E-state index contributed by atoms with van der Waals surface area (Å²) >= 11 is 1.19. The van der Waals surface area contributed by atoms with Crippen LogP contribution in [-0.2, 0) is 14.8 Å². The van der Waals surface area contributed by atoms with Crippen LogP contribution in [0.15, 0.2) is 63.4 Å². The van der Waals surface area contributed by atoms with Gasteiger partial charge in [-0.05, 0) is 36.8 Å². The van der Waals surface area contributed by atoms with Crippen molar-refractivity contribution in [3.63, 3.8) is 0 Å². The van der Waals surface area contributed by atoms with Gasteiger partial charge < -0.3 is 16.4 Å². The Labute approximate surface area is 172 Å². The maximum absolute atomic E-state index is 12.2. The number of amidine groups is 1. The molecule has 0 bridgehead atoms. The van der Waals surface area contributed by atoms with Gasteiger partial charge in [0.1, 0.15) is 0 Å². The molecule has 2 aromatic rings. The van der Waals surface area contributed by atoms with E-state index in [1.807, 2.05) is 31.2 Å². The number of anilines is 1. The van der Waals surface area contributed by atoms with E-state index in [9.17, 15) is 13.2 Å². The van der Waals surface area contributed by atoms with Crippen molar-refractivity contribution in [1.29, 1.82) is 0 Å². The zero-order valence-electron chi connectivity index (χ0n) is 15.5. The number of nitrogens with two attached hydrogens (primary N) is 2. The number of aryl methyl sites for hydroxylation is 1. The monoisotopic (exact) mass is 432 g/mol. The van der Waals surface area contributed by atoms with Crippen molar-refractivity contribution < 1.29 is 13.2 Å². The van der Waals surface area contributed by atoms with E-state index in [1.165, 1.54) is 36.0 Å². The molecule has 1 heterocycles. The van der Waals surface area contributed by atoms with E-state index in [0.29, 0.717) is 10.9 Å². The van der Waals surface area contributed by atoms with Crippen molar-refractivity contribution in [2.75, 3.05) is 11.1 Å². The molecule has 0 radical (unpaired) electrons. The van der Waals surface area contributed by atoms with Gasteiger partial charge in [0.2, 0.25) is 15.9 Å². The van der Waals surface area contributed by atoms with Gasteiger partial charge in [-0.3, -0.25) is 4.79 Å². The number of nitrogens with zero attached hydrogens (tertiary/aromatic N) is 2. The molecule has 0 aromatic heterocycles. The number of carbonyl (C=O) groups excluding carboxylic acids is 1. The summed E-state index contributed by atoms with van der Waals surface area (Å²) in [6, 6.07) is 13.4. The first-order valence-electron chi connectivity index (χ1n) is 8.51. The zero-order valence-corrected chi connectivity index (χ0v) is 17.1. The number of hydrogen-bond donors (Lipinski definition) is 4. The average Bonchev–Trinajstić information content (AvgIpc) is 2.66. The number of carbonyl (C=O) groups is 1. The molecular formula is C18H20N6O3S2. The van der Waals surface area contributed by atoms with Crippen LogP contribution >= 0.6 is 11.8 Å². The van der Waals surface area contributed by atoms with E-state index in [0.717, 1.165) is 11.1 Å². The van der Waals surface area contributed by atoms with E-state index < -0.39 is 16.2 Å². The molecule has 1 aliphatic rings. The number of aliphatic imine (C=N–C) groups is 2. The number of nitrogens with one attached hydrogen (secondary N) is 2. The fraction of sp³-hybridized carbons (Fsp3) is 0.167. The molecule has 1 aliphatic heterocycles. The standard InChI is InChI=1S/C18H20N6O3S2/c1-11-4-2-3-5-14(11)16-22-17(19)24-18(23-16)28-10-15(25)21-12-6-8-13(9-7-12)29(20,26)27/h2-9,16H,10H2,1H3,(H,21,25)(H2,20,26,27)(H3,19,22,23,24)/t16-/m1/s1. The van der Waals surface area contributed by atoms with Gasteiger partial charge in [-0.2, -0.15) is 0 Å². The van der Waals surface area contributed by atoms with Gasteiger partial charge in [0.05, 0.1) is 10.6 Å². The largest absolute Gasteiger partial charge is 0.370 e. The highest BCUT2D eigenvalue weighted by Crippen LogP contribution is 2.25. The topological polar surface area (TPSA) is 152 Å². The van der Waals surface area contributed by atoms with Gasteiger partial charge in [0, 0.05) is 11.3 Å². The predicted octanol–water partition coefficient (Wildman–Crippen LogP) is 1.29. The Hall–Kier alpha value is -2.89. The molecule has 0 fully saturated rings. The normalized spacial score (nSPS) is 16.4. The molecule has 0 saturated heterocycles. The summed E-state index contributed by atoms with van der Waals surface area (Å²) in [5.41, 5.74) is 8.31. The Morgan fingerprint density at radius 1 is 1.17 bits per heavy atom. The molecule has 152 valence electrons. The highest BCUT2D eigenvalue weighted by atomic mass is 32.2. The van der Waals surface area contributed by atoms with Crippen molar-refractivity contribution in [3.8, 4) is 0 Å². The second kappa shape index (κ2) is 8.64. The average molecular weight is 433 g/mol. The number of hydrogen-bond acceptors (Lipinski definition) is 8. The summed E-state index contributed by atoms with van der Waals surface area (Å²) in [6.07, 6.45) is -0.464. The molecule has 0 aliphatic carbocycles. The fourth-order valence-corrected chi connectivity index (χ4v) is 3.80. The van der Waals surface area contributed by atoms with Crippen LogP contribution in [0.3, 0.4) is 0 Å². The summed E-state index contributed by atoms with van der Waals surface area (Å²) in [5, 5.41) is 11.1. The van der Waals surface area contributed by atoms with Crippen LogP contribution in [0.4, 0.5) is 5.69 Å². The summed E-state index contributed by atoms with van der Waals surface area (Å²) in [6.45, 7) is 1.97. The van der Waals surface area contributed by atoms with Gasteiger partial charge in [-0.15, -0.1) is 0 Å². The third kappa shape index (κ3) is 5.56. The van der Waals surface area contributed by atoms with Crippen LogP contribution in [0, 0.1) is 6.92 Å². The lowest BCUT2D eigenvalue weighted by atomic mass is 10.1. The number of amides is 1. The molecule has 6 N–H and O–H groups in total. The summed E-state index contributed by atoms with van der Waals surface area (Å²) in [7, 11) is -3.77. The maximum Gasteiger partial charge on any atom is 0.238 e. The molecule has 3 rings (SSSR count). The molecular weight excluding hydrogens is 412 g/mol. The lowest BCUT2D eigenvalue weighted by Crippen LogP contribution is -2.39. The first-order chi connectivity index (χ1) is 13.7. The summed E-state index contributed by atoms with van der Waals surface area (Å²) in [5.74, 6) is 0.0300. The van der Waals surface area contributed by atoms with Crippen LogP contribution in [0.1, 0.15) is 17.3 Å². The van der Waals surface area contributed by atoms with Gasteiger partial charge >= 0.3 is 0 Å². The molecule has 2 aromatic carbocycles. The summed E-state index contributed by atoms with van der Waals surface area (Å²) in [4.78, 5) is 21.0. The Bertz CT molecular complexity index is 1080. The van der Waals surface area contributed by atoms with Gasteiger partial charge in [-0.1, -0.05) is 36.0 Å². The minimum absolute atomic E-state index is 0.0253. The molecule has 1 atom stereocenters. The smallest absolute Gasteiger partial charge is 0.238 e. The van der Waals surface area contributed by atoms with Crippen molar-refractivity contribution >= 4 is 44.5 Å². The van der Waals surface area contributed by atoms with Crippen LogP contribution in [0.25, 0.3) is 0 Å². The molecule has 11 heteroatoms. The van der Waals surface area contributed by atoms with Crippen LogP contribution < -0.4 is 21.5 Å². The van der Waals surface area contributed by atoms with Crippen molar-refractivity contribution in [2.24, 2.45) is 20.9 Å². The second-order valence-electron chi connectivity index (χ2n) is 6.21. The molecule has 0 spiro atoms. The van der Waals surface area contributed by atoms with E-state index in [-0.39, 0.29) is 22.5 Å². The Morgan fingerprint density at radius 3 is 2.52 bits per heavy atom. The lowest BCUT2D eigenvalue weighted by Gasteiger charge is -2.20. The molecule has 29 heavy (non-hydrogen) atoms. The van der Waals surface area contributed by atoms with Gasteiger partial charge in [0.25, 0.3) is 0 Å². The van der Waals surface area contributed by atoms with Gasteiger partial charge in [-0.25, -0.2) is 23.5 Å². The number of rotatable bonds is 5. The first-order valence-corrected chi connectivity index (χ1v) is 11.0. The Morgan fingerprint density at radius 2 is 1.86 bits per heavy atom. The lowest BCUT2D eigenvalue weighted by molar-refractivity contribution is -0.113. The third-order valence-electron chi connectivity index (χ3n) is 4.01. The highest BCUT2D eigenvalue weighted by molar-refractivity contribution is 8.14. The van der Waals surface area contributed by atoms with Crippen molar-refractivity contribution in [3.05, 3.63) is 59.7 Å². The predicted molar refractivity (Wildman–Crippen MR) is 115 cm³/mol. The van der Waals surface area contributed by atoms with E-state index in [1.54, 1.807) is 0 Å². The quantitative estimate of drug-likeness (QED) is 0.558. The summed E-state index contributed by atoms with van der Waals surface area (Å²) < 4.78 is 22.5. The number of sulfonamides is 1. The number of benzene rings is 2. The molecule has 1 amide bonds. The van der Waals surface area contributed by atoms with Crippen LogP contribution in [0.2, 0.25) is 0 Å². The maximum atomic E-state index is 12.2. The van der Waals surface area contributed by atoms with Crippen LogP contribution in [-0.4, -0.2) is 31.2 Å². The van der Waals surface area contributed by atoms with E-state index in [2.05, 4.69) is 20.6 Å². The van der Waals surface area contributed by atoms with Gasteiger partial charge in [0.15, 0.2) is 17.3 Å². The van der Waals surface area contributed by atoms with Crippen molar-refractivity contribution in [2.45, 2.75) is 18.0 Å². The third-order valence-corrected chi connectivity index (χ3v) is 5.83. The zero-order chi connectivity index (χ0) is 21.0. The minimum Gasteiger partial charge on any atom is -0.370 e. The fourth-order valence-electron chi connectivity index (χ4n) is 2.59. The molecule has 0 unspecified atom stereocenters. The Balaban J connectivity index is 1.61. The SMILES string of the molecule is Cc1ccccc1[C@@H]1N=C(N)NC(SCC(=O)Nc2ccc(S(N)(=O)=O)cc2)=N1. The first kappa shape index (κ1) is 20.8. The second-order valence-corrected chi connectivity index (χ2v) is 8.74. The van der Waals surface area contributed by atoms with E-state index >= 15 is 0 Å². The van der Waals surface area contributed by atoms with E-state index in [4.69, 9.17) is 10.9 Å². The van der Waals surface area contributed by atoms with Crippen LogP contribution in [0.5, 0.6) is 0 Å².